The first-order valence-electron chi connectivity index (χ1n) is 9.35. The molecule has 134 valence electrons. The Kier molecular flexibility index (Phi) is 3.63. The second-order valence-corrected chi connectivity index (χ2v) is 7.76. The number of piperazine rings is 1. The van der Waals surface area contributed by atoms with Crippen molar-refractivity contribution in [3.05, 3.63) is 23.4 Å². The molecule has 0 aromatic carbocycles. The van der Waals surface area contributed by atoms with Gasteiger partial charge in [0.05, 0.1) is 6.54 Å². The molecule has 5 rings (SSSR count). The molecule has 1 saturated heterocycles. The Labute approximate surface area is 147 Å². The van der Waals surface area contributed by atoms with Crippen LogP contribution in [0.4, 0.5) is 0 Å². The molecule has 25 heavy (non-hydrogen) atoms. The van der Waals surface area contributed by atoms with E-state index in [1.807, 2.05) is 0 Å². The minimum absolute atomic E-state index is 0.159. The van der Waals surface area contributed by atoms with Crippen LogP contribution in [0.15, 0.2) is 4.52 Å². The number of nitrogens with zero attached hydrogens (tertiary/aromatic N) is 7. The van der Waals surface area contributed by atoms with Gasteiger partial charge in [0.15, 0.2) is 5.82 Å². The largest absolute Gasteiger partial charge is 0.338 e. The molecule has 0 N–H and O–H groups in total. The van der Waals surface area contributed by atoms with Gasteiger partial charge in [-0.25, -0.2) is 0 Å². The molecular weight excluding hydrogens is 318 g/mol. The van der Waals surface area contributed by atoms with Crippen LogP contribution < -0.4 is 0 Å². The third kappa shape index (κ3) is 2.97. The highest BCUT2D eigenvalue weighted by Crippen LogP contribution is 2.39. The molecule has 2 saturated carbocycles. The fourth-order valence-corrected chi connectivity index (χ4v) is 3.76. The SMILES string of the molecule is Cc1nnc(CN2CCN(C)C(c3nc(C4CC4)no3)C2)n1C1CC1. The van der Waals surface area contributed by atoms with Crippen LogP contribution in [-0.2, 0) is 6.54 Å². The number of hydrogen-bond donors (Lipinski definition) is 0. The minimum Gasteiger partial charge on any atom is -0.338 e. The third-order valence-corrected chi connectivity index (χ3v) is 5.63. The lowest BCUT2D eigenvalue weighted by Crippen LogP contribution is -2.46. The highest BCUT2D eigenvalue weighted by molar-refractivity contribution is 5.06. The molecular formula is C17H25N7O. The standard InChI is InChI=1S/C17H25N7O/c1-11-19-20-15(24(11)13-5-6-13)10-23-8-7-22(2)14(9-23)17-18-16(21-25-17)12-3-4-12/h12-14H,3-10H2,1-2H3. The molecule has 3 heterocycles. The van der Waals surface area contributed by atoms with Gasteiger partial charge in [0.2, 0.25) is 5.89 Å². The number of aromatic nitrogens is 5. The summed E-state index contributed by atoms with van der Waals surface area (Å²) >= 11 is 0. The van der Waals surface area contributed by atoms with Crippen molar-refractivity contribution in [2.75, 3.05) is 26.7 Å². The van der Waals surface area contributed by atoms with Crippen LogP contribution in [0.3, 0.4) is 0 Å². The number of likely N-dealkylation sites (N-methyl/N-ethyl adjacent to an activating group) is 1. The molecule has 1 atom stereocenters. The van der Waals surface area contributed by atoms with E-state index in [9.17, 15) is 0 Å². The maximum atomic E-state index is 5.59. The normalized spacial score (nSPS) is 25.6. The van der Waals surface area contributed by atoms with Crippen molar-refractivity contribution in [2.45, 2.75) is 57.2 Å². The molecule has 2 aliphatic carbocycles. The fourth-order valence-electron chi connectivity index (χ4n) is 3.76. The van der Waals surface area contributed by atoms with Crippen LogP contribution in [0.5, 0.6) is 0 Å². The summed E-state index contributed by atoms with van der Waals surface area (Å²) in [4.78, 5) is 9.42. The maximum absolute atomic E-state index is 5.59. The number of aryl methyl sites for hydroxylation is 1. The first-order chi connectivity index (χ1) is 12.2. The summed E-state index contributed by atoms with van der Waals surface area (Å²) in [5.74, 6) is 4.31. The zero-order valence-electron chi connectivity index (χ0n) is 14.9. The monoisotopic (exact) mass is 343 g/mol. The summed E-state index contributed by atoms with van der Waals surface area (Å²) in [6, 6.07) is 0.775. The highest BCUT2D eigenvalue weighted by Gasteiger charge is 2.35. The fraction of sp³-hybridized carbons (Fsp3) is 0.765. The molecule has 8 heteroatoms. The van der Waals surface area contributed by atoms with Gasteiger partial charge in [0.25, 0.3) is 0 Å². The minimum atomic E-state index is 0.159. The van der Waals surface area contributed by atoms with E-state index in [1.54, 1.807) is 0 Å². The lowest BCUT2D eigenvalue weighted by atomic mass is 10.1. The summed E-state index contributed by atoms with van der Waals surface area (Å²) in [6.07, 6.45) is 4.90. The van der Waals surface area contributed by atoms with Crippen molar-refractivity contribution in [3.8, 4) is 0 Å². The molecule has 0 amide bonds. The Hall–Kier alpha value is -1.80. The Morgan fingerprint density at radius 2 is 1.96 bits per heavy atom. The average molecular weight is 343 g/mol. The van der Waals surface area contributed by atoms with Crippen LogP contribution in [0.25, 0.3) is 0 Å². The van der Waals surface area contributed by atoms with E-state index in [4.69, 9.17) is 4.52 Å². The molecule has 2 aromatic rings. The first-order valence-corrected chi connectivity index (χ1v) is 9.35. The Morgan fingerprint density at radius 1 is 1.12 bits per heavy atom. The molecule has 8 nitrogen and oxygen atoms in total. The summed E-state index contributed by atoms with van der Waals surface area (Å²) in [7, 11) is 2.14. The smallest absolute Gasteiger partial charge is 0.245 e. The van der Waals surface area contributed by atoms with Crippen LogP contribution in [0.2, 0.25) is 0 Å². The first kappa shape index (κ1) is 15.5. The zero-order valence-corrected chi connectivity index (χ0v) is 14.9. The molecule has 2 aromatic heterocycles. The summed E-state index contributed by atoms with van der Waals surface area (Å²) in [6.45, 7) is 5.79. The van der Waals surface area contributed by atoms with E-state index >= 15 is 0 Å². The second-order valence-electron chi connectivity index (χ2n) is 7.76. The molecule has 0 spiro atoms. The van der Waals surface area contributed by atoms with Crippen LogP contribution in [-0.4, -0.2) is 61.4 Å². The van der Waals surface area contributed by atoms with Gasteiger partial charge in [-0.15, -0.1) is 10.2 Å². The van der Waals surface area contributed by atoms with Crippen LogP contribution in [0.1, 0.15) is 67.0 Å². The predicted molar refractivity (Wildman–Crippen MR) is 90.0 cm³/mol. The van der Waals surface area contributed by atoms with Gasteiger partial charge >= 0.3 is 0 Å². The van der Waals surface area contributed by atoms with Gasteiger partial charge in [0, 0.05) is 31.6 Å². The van der Waals surface area contributed by atoms with Gasteiger partial charge in [-0.1, -0.05) is 5.16 Å². The molecule has 0 radical (unpaired) electrons. The highest BCUT2D eigenvalue weighted by atomic mass is 16.5. The van der Waals surface area contributed by atoms with Crippen molar-refractivity contribution >= 4 is 0 Å². The van der Waals surface area contributed by atoms with Gasteiger partial charge in [-0.05, 0) is 39.7 Å². The van der Waals surface area contributed by atoms with E-state index < -0.39 is 0 Å². The lowest BCUT2D eigenvalue weighted by molar-refractivity contribution is 0.0691. The molecule has 3 aliphatic rings. The van der Waals surface area contributed by atoms with E-state index in [-0.39, 0.29) is 6.04 Å². The Balaban J connectivity index is 1.31. The van der Waals surface area contributed by atoms with Crippen molar-refractivity contribution in [1.82, 2.24) is 34.7 Å². The van der Waals surface area contributed by atoms with Gasteiger partial charge in [-0.3, -0.25) is 9.80 Å². The zero-order chi connectivity index (χ0) is 17.0. The Bertz CT molecular complexity index is 761. The third-order valence-electron chi connectivity index (χ3n) is 5.63. The van der Waals surface area contributed by atoms with E-state index in [2.05, 4.69) is 48.7 Å². The second kappa shape index (κ2) is 5.88. The molecule has 0 bridgehead atoms. The van der Waals surface area contributed by atoms with Crippen LogP contribution in [0, 0.1) is 6.92 Å². The van der Waals surface area contributed by atoms with Gasteiger partial charge in [0.1, 0.15) is 17.7 Å². The van der Waals surface area contributed by atoms with Crippen LogP contribution >= 0.6 is 0 Å². The van der Waals surface area contributed by atoms with Crippen molar-refractivity contribution in [2.24, 2.45) is 0 Å². The van der Waals surface area contributed by atoms with Gasteiger partial charge < -0.3 is 9.09 Å². The number of rotatable bonds is 5. The average Bonchev–Trinajstić information content (AvgIpc) is 3.54. The quantitative estimate of drug-likeness (QED) is 0.817. The van der Waals surface area contributed by atoms with E-state index in [0.717, 1.165) is 49.5 Å². The van der Waals surface area contributed by atoms with Crippen molar-refractivity contribution < 1.29 is 4.52 Å². The molecule has 3 fully saturated rings. The van der Waals surface area contributed by atoms with E-state index in [1.165, 1.54) is 25.7 Å². The van der Waals surface area contributed by atoms with Crippen molar-refractivity contribution in [3.63, 3.8) is 0 Å². The number of hydrogen-bond acceptors (Lipinski definition) is 7. The summed E-state index contributed by atoms with van der Waals surface area (Å²) < 4.78 is 7.91. The lowest BCUT2D eigenvalue weighted by Gasteiger charge is -2.37. The summed E-state index contributed by atoms with van der Waals surface area (Å²) in [5.41, 5.74) is 0. The van der Waals surface area contributed by atoms with Crippen molar-refractivity contribution in [1.29, 1.82) is 0 Å². The maximum Gasteiger partial charge on any atom is 0.245 e. The predicted octanol–water partition coefficient (Wildman–Crippen LogP) is 1.67. The molecule has 1 aliphatic heterocycles. The molecule has 1 unspecified atom stereocenters. The Morgan fingerprint density at radius 3 is 2.72 bits per heavy atom. The topological polar surface area (TPSA) is 76.1 Å². The van der Waals surface area contributed by atoms with E-state index in [0.29, 0.717) is 12.0 Å². The summed E-state index contributed by atoms with van der Waals surface area (Å²) in [5, 5.41) is 12.9. The van der Waals surface area contributed by atoms with Gasteiger partial charge in [-0.2, -0.15) is 4.98 Å².